The molecule has 0 aromatic carbocycles. The van der Waals surface area contributed by atoms with Crippen molar-refractivity contribution in [2.24, 2.45) is 5.73 Å². The third kappa shape index (κ3) is 2.23. The fourth-order valence-electron chi connectivity index (χ4n) is 2.45. The van der Waals surface area contributed by atoms with Crippen molar-refractivity contribution in [2.75, 3.05) is 0 Å². The van der Waals surface area contributed by atoms with Crippen LogP contribution in [-0.4, -0.2) is 15.6 Å². The highest BCUT2D eigenvalue weighted by Crippen LogP contribution is 2.32. The summed E-state index contributed by atoms with van der Waals surface area (Å²) in [6.07, 6.45) is 8.71. The molecular formula is C12H21N3. The highest BCUT2D eigenvalue weighted by Gasteiger charge is 2.23. The lowest BCUT2D eigenvalue weighted by atomic mass is 9.86. The fourth-order valence-corrected chi connectivity index (χ4v) is 2.45. The predicted molar refractivity (Wildman–Crippen MR) is 61.8 cm³/mol. The van der Waals surface area contributed by atoms with Gasteiger partial charge in [-0.15, -0.1) is 0 Å². The van der Waals surface area contributed by atoms with Crippen molar-refractivity contribution < 1.29 is 0 Å². The van der Waals surface area contributed by atoms with Crippen LogP contribution in [0.2, 0.25) is 0 Å². The first-order valence-corrected chi connectivity index (χ1v) is 5.96. The molecule has 1 aromatic heterocycles. The second-order valence-electron chi connectivity index (χ2n) is 4.90. The molecule has 0 spiro atoms. The molecule has 0 aliphatic heterocycles. The maximum atomic E-state index is 5.92. The predicted octanol–water partition coefficient (Wildman–Crippen LogP) is 2.45. The van der Waals surface area contributed by atoms with Crippen LogP contribution in [0.15, 0.2) is 12.4 Å². The molecule has 1 aliphatic carbocycles. The van der Waals surface area contributed by atoms with E-state index < -0.39 is 0 Å². The molecule has 0 bridgehead atoms. The van der Waals surface area contributed by atoms with Crippen LogP contribution in [0.4, 0.5) is 0 Å². The smallest absolute Gasteiger partial charge is 0.111 e. The number of rotatable bonds is 2. The van der Waals surface area contributed by atoms with E-state index in [1.807, 2.05) is 6.20 Å². The molecular weight excluding hydrogens is 186 g/mol. The van der Waals surface area contributed by atoms with Gasteiger partial charge in [-0.1, -0.05) is 0 Å². The van der Waals surface area contributed by atoms with Crippen LogP contribution < -0.4 is 5.73 Å². The third-order valence-electron chi connectivity index (χ3n) is 3.39. The summed E-state index contributed by atoms with van der Waals surface area (Å²) >= 11 is 0. The first-order chi connectivity index (χ1) is 7.18. The minimum atomic E-state index is 0.420. The molecule has 2 rings (SSSR count). The summed E-state index contributed by atoms with van der Waals surface area (Å²) in [6.45, 7) is 4.42. The van der Waals surface area contributed by atoms with Gasteiger partial charge in [-0.25, -0.2) is 4.98 Å². The van der Waals surface area contributed by atoms with Crippen LogP contribution in [0, 0.1) is 0 Å². The lowest BCUT2D eigenvalue weighted by molar-refractivity contribution is 0.371. The van der Waals surface area contributed by atoms with Crippen molar-refractivity contribution in [1.82, 2.24) is 9.55 Å². The van der Waals surface area contributed by atoms with Gasteiger partial charge in [-0.2, -0.15) is 0 Å². The molecule has 0 atom stereocenters. The molecule has 1 fully saturated rings. The molecule has 3 nitrogen and oxygen atoms in total. The Morgan fingerprint density at radius 3 is 2.60 bits per heavy atom. The molecule has 3 heteroatoms. The standard InChI is InChI=1S/C12H21N3/c1-9(2)15-8-7-14-12(15)10-3-5-11(13)6-4-10/h7-11H,3-6,13H2,1-2H3. The minimum absolute atomic E-state index is 0.420. The average molecular weight is 207 g/mol. The number of imidazole rings is 1. The topological polar surface area (TPSA) is 43.8 Å². The third-order valence-corrected chi connectivity index (χ3v) is 3.39. The molecule has 1 aromatic rings. The van der Waals surface area contributed by atoms with Gasteiger partial charge in [0.05, 0.1) is 0 Å². The average Bonchev–Trinajstić information content (AvgIpc) is 2.67. The van der Waals surface area contributed by atoms with Gasteiger partial charge in [0.25, 0.3) is 0 Å². The highest BCUT2D eigenvalue weighted by atomic mass is 15.1. The molecule has 15 heavy (non-hydrogen) atoms. The van der Waals surface area contributed by atoms with Gasteiger partial charge in [0, 0.05) is 30.4 Å². The SMILES string of the molecule is CC(C)n1ccnc1C1CCC(N)CC1. The van der Waals surface area contributed by atoms with Crippen LogP contribution >= 0.6 is 0 Å². The Labute approximate surface area is 91.7 Å². The second-order valence-corrected chi connectivity index (χ2v) is 4.90. The molecule has 1 saturated carbocycles. The van der Waals surface area contributed by atoms with Gasteiger partial charge >= 0.3 is 0 Å². The monoisotopic (exact) mass is 207 g/mol. The van der Waals surface area contributed by atoms with E-state index in [0.29, 0.717) is 18.0 Å². The van der Waals surface area contributed by atoms with Gasteiger partial charge in [0.15, 0.2) is 0 Å². The molecule has 0 amide bonds. The fraction of sp³-hybridized carbons (Fsp3) is 0.750. The van der Waals surface area contributed by atoms with E-state index in [2.05, 4.69) is 29.6 Å². The Morgan fingerprint density at radius 1 is 1.33 bits per heavy atom. The number of nitrogens with two attached hydrogens (primary N) is 1. The Bertz CT molecular complexity index is 308. The maximum Gasteiger partial charge on any atom is 0.111 e. The van der Waals surface area contributed by atoms with Crippen molar-refractivity contribution in [3.05, 3.63) is 18.2 Å². The van der Waals surface area contributed by atoms with Crippen LogP contribution in [0.1, 0.15) is 57.3 Å². The Hall–Kier alpha value is -0.830. The summed E-state index contributed by atoms with van der Waals surface area (Å²) in [6, 6.07) is 0.932. The molecule has 0 unspecified atom stereocenters. The quantitative estimate of drug-likeness (QED) is 0.809. The molecule has 1 heterocycles. The van der Waals surface area contributed by atoms with Crippen LogP contribution in [0.5, 0.6) is 0 Å². The number of nitrogens with zero attached hydrogens (tertiary/aromatic N) is 2. The van der Waals surface area contributed by atoms with Gasteiger partial charge in [0.1, 0.15) is 5.82 Å². The first kappa shape index (κ1) is 10.7. The lowest BCUT2D eigenvalue weighted by Crippen LogP contribution is -2.27. The summed E-state index contributed by atoms with van der Waals surface area (Å²) in [5.74, 6) is 1.89. The molecule has 2 N–H and O–H groups in total. The molecule has 84 valence electrons. The zero-order valence-corrected chi connectivity index (χ0v) is 9.69. The molecule has 1 aliphatic rings. The summed E-state index contributed by atoms with van der Waals surface area (Å²) in [5.41, 5.74) is 5.92. The van der Waals surface area contributed by atoms with E-state index in [4.69, 9.17) is 5.73 Å². The van der Waals surface area contributed by atoms with Crippen molar-refractivity contribution in [3.8, 4) is 0 Å². The Morgan fingerprint density at radius 2 is 2.00 bits per heavy atom. The van der Waals surface area contributed by atoms with Crippen LogP contribution in [0.3, 0.4) is 0 Å². The van der Waals surface area contributed by atoms with E-state index >= 15 is 0 Å². The second kappa shape index (κ2) is 4.35. The van der Waals surface area contributed by atoms with Gasteiger partial charge in [-0.3, -0.25) is 0 Å². The Kier molecular flexibility index (Phi) is 3.10. The molecule has 0 radical (unpaired) electrons. The normalized spacial score (nSPS) is 27.2. The zero-order chi connectivity index (χ0) is 10.8. The van der Waals surface area contributed by atoms with E-state index in [0.717, 1.165) is 12.8 Å². The van der Waals surface area contributed by atoms with Crippen LogP contribution in [0.25, 0.3) is 0 Å². The van der Waals surface area contributed by atoms with Crippen molar-refractivity contribution in [1.29, 1.82) is 0 Å². The summed E-state index contributed by atoms with van der Waals surface area (Å²) in [5, 5.41) is 0. The maximum absolute atomic E-state index is 5.92. The van der Waals surface area contributed by atoms with Gasteiger partial charge < -0.3 is 10.3 Å². The van der Waals surface area contributed by atoms with E-state index in [1.54, 1.807) is 0 Å². The van der Waals surface area contributed by atoms with Crippen molar-refractivity contribution in [2.45, 2.75) is 57.5 Å². The van der Waals surface area contributed by atoms with E-state index in [9.17, 15) is 0 Å². The molecule has 0 saturated heterocycles. The number of aromatic nitrogens is 2. The van der Waals surface area contributed by atoms with Crippen molar-refractivity contribution >= 4 is 0 Å². The van der Waals surface area contributed by atoms with Gasteiger partial charge in [-0.05, 0) is 39.5 Å². The van der Waals surface area contributed by atoms with Crippen LogP contribution in [-0.2, 0) is 0 Å². The van der Waals surface area contributed by atoms with E-state index in [1.165, 1.54) is 18.7 Å². The van der Waals surface area contributed by atoms with Crippen molar-refractivity contribution in [3.63, 3.8) is 0 Å². The number of hydrogen-bond acceptors (Lipinski definition) is 2. The largest absolute Gasteiger partial charge is 0.332 e. The zero-order valence-electron chi connectivity index (χ0n) is 9.69. The summed E-state index contributed by atoms with van der Waals surface area (Å²) < 4.78 is 2.29. The summed E-state index contributed by atoms with van der Waals surface area (Å²) in [4.78, 5) is 4.51. The lowest BCUT2D eigenvalue weighted by Gasteiger charge is -2.27. The summed E-state index contributed by atoms with van der Waals surface area (Å²) in [7, 11) is 0. The number of hydrogen-bond donors (Lipinski definition) is 1. The van der Waals surface area contributed by atoms with Gasteiger partial charge in [0.2, 0.25) is 0 Å². The van der Waals surface area contributed by atoms with E-state index in [-0.39, 0.29) is 0 Å². The highest BCUT2D eigenvalue weighted by molar-refractivity contribution is 5.03. The first-order valence-electron chi connectivity index (χ1n) is 5.96. The minimum Gasteiger partial charge on any atom is -0.332 e. The Balaban J connectivity index is 2.12.